The number of aliphatic hydroxyl groups is 2. The van der Waals surface area contributed by atoms with Crippen LogP contribution in [0.25, 0.3) is 0 Å². The molecule has 0 heterocycles. The predicted octanol–water partition coefficient (Wildman–Crippen LogP) is 7.25. The van der Waals surface area contributed by atoms with Crippen molar-refractivity contribution in [2.24, 2.45) is 40.4 Å². The molecule has 0 aromatic carbocycles. The number of alkyl halides is 1. The van der Waals surface area contributed by atoms with Crippen molar-refractivity contribution in [3.05, 3.63) is 11.6 Å². The SMILES string of the molecule is C[C@H](CCCC(C)(C)O)[C@H]1CC[C@H]2[C@@H]3CC=C4[C@@H](O)[C@@H](OCC(C)(C)F)CC[C@]4(C)[C@H]3CC[C@]12C. The summed E-state index contributed by atoms with van der Waals surface area (Å²) in [7, 11) is 0. The van der Waals surface area contributed by atoms with Gasteiger partial charge < -0.3 is 14.9 Å². The molecule has 0 aliphatic heterocycles. The lowest BCUT2D eigenvalue weighted by atomic mass is 9.46. The molecule has 0 bridgehead atoms. The maximum Gasteiger partial charge on any atom is 0.128 e. The minimum absolute atomic E-state index is 0.0422. The van der Waals surface area contributed by atoms with Crippen molar-refractivity contribution in [3.8, 4) is 0 Å². The fraction of sp³-hybridized carbons (Fsp3) is 0.935. The van der Waals surface area contributed by atoms with Crippen molar-refractivity contribution >= 4 is 0 Å². The molecule has 3 nitrogen and oxygen atoms in total. The van der Waals surface area contributed by atoms with Gasteiger partial charge in [0, 0.05) is 0 Å². The number of aliphatic hydroxyl groups excluding tert-OH is 1. The second-order valence-corrected chi connectivity index (χ2v) is 14.7. The Bertz CT molecular complexity index is 779. The first kappa shape index (κ1) is 27.6. The van der Waals surface area contributed by atoms with E-state index >= 15 is 0 Å². The molecule has 3 saturated carbocycles. The van der Waals surface area contributed by atoms with E-state index in [2.05, 4.69) is 26.8 Å². The summed E-state index contributed by atoms with van der Waals surface area (Å²) in [5.41, 5.74) is -0.277. The molecular weight excluding hydrogens is 439 g/mol. The van der Waals surface area contributed by atoms with Crippen LogP contribution in [0.4, 0.5) is 4.39 Å². The molecule has 4 heteroatoms. The first-order valence-corrected chi connectivity index (χ1v) is 14.6. The number of hydrogen-bond donors (Lipinski definition) is 2. The summed E-state index contributed by atoms with van der Waals surface area (Å²) in [6.07, 6.45) is 12.9. The fourth-order valence-corrected chi connectivity index (χ4v) is 9.22. The van der Waals surface area contributed by atoms with Crippen LogP contribution in [-0.4, -0.2) is 40.3 Å². The molecule has 0 amide bonds. The molecule has 3 fully saturated rings. The zero-order valence-corrected chi connectivity index (χ0v) is 23.6. The Kier molecular flexibility index (Phi) is 7.64. The van der Waals surface area contributed by atoms with E-state index in [0.717, 1.165) is 43.9 Å². The largest absolute Gasteiger partial charge is 0.390 e. The van der Waals surface area contributed by atoms with Gasteiger partial charge in [-0.1, -0.05) is 39.7 Å². The molecule has 0 aromatic rings. The second-order valence-electron chi connectivity index (χ2n) is 14.7. The minimum atomic E-state index is -1.37. The number of rotatable bonds is 8. The first-order chi connectivity index (χ1) is 16.2. The summed E-state index contributed by atoms with van der Waals surface area (Å²) in [4.78, 5) is 0. The maximum atomic E-state index is 14.0. The van der Waals surface area contributed by atoms with Crippen LogP contribution in [0.3, 0.4) is 0 Å². The van der Waals surface area contributed by atoms with Gasteiger partial charge in [0.1, 0.15) is 11.8 Å². The van der Waals surface area contributed by atoms with Gasteiger partial charge in [0.25, 0.3) is 0 Å². The average Bonchev–Trinajstić information content (AvgIpc) is 3.09. The lowest BCUT2D eigenvalue weighted by Gasteiger charge is -2.59. The lowest BCUT2D eigenvalue weighted by Crippen LogP contribution is -2.54. The Morgan fingerprint density at radius 1 is 1.09 bits per heavy atom. The topological polar surface area (TPSA) is 49.7 Å². The number of allylic oxidation sites excluding steroid dienone is 1. The van der Waals surface area contributed by atoms with Gasteiger partial charge in [0.05, 0.1) is 18.3 Å². The van der Waals surface area contributed by atoms with E-state index in [1.165, 1.54) is 37.7 Å². The zero-order valence-electron chi connectivity index (χ0n) is 23.6. The zero-order chi connectivity index (χ0) is 25.8. The smallest absolute Gasteiger partial charge is 0.128 e. The summed E-state index contributed by atoms with van der Waals surface area (Å²) in [6.45, 7) is 14.4. The van der Waals surface area contributed by atoms with Crippen LogP contribution < -0.4 is 0 Å². The van der Waals surface area contributed by atoms with Gasteiger partial charge in [-0.25, -0.2) is 4.39 Å². The van der Waals surface area contributed by atoms with Crippen LogP contribution in [0, 0.1) is 40.4 Å². The van der Waals surface area contributed by atoms with Crippen molar-refractivity contribution < 1.29 is 19.3 Å². The highest BCUT2D eigenvalue weighted by molar-refractivity contribution is 5.29. The molecule has 2 N–H and O–H groups in total. The van der Waals surface area contributed by atoms with Gasteiger partial charge in [-0.05, 0) is 125 Å². The number of ether oxygens (including phenoxy) is 1. The molecule has 0 saturated heterocycles. The van der Waals surface area contributed by atoms with Crippen LogP contribution in [0.5, 0.6) is 0 Å². The number of fused-ring (bicyclic) bond motifs is 5. The first-order valence-electron chi connectivity index (χ1n) is 14.6. The molecule has 4 aliphatic rings. The molecule has 9 atom stereocenters. The second kappa shape index (κ2) is 9.70. The summed E-state index contributed by atoms with van der Waals surface area (Å²) >= 11 is 0. The number of halogens is 1. The normalized spacial score (nSPS) is 42.6. The third-order valence-corrected chi connectivity index (χ3v) is 11.0. The van der Waals surface area contributed by atoms with E-state index in [0.29, 0.717) is 23.2 Å². The van der Waals surface area contributed by atoms with Crippen molar-refractivity contribution in [2.45, 2.75) is 136 Å². The molecular formula is C31H53FO3. The van der Waals surface area contributed by atoms with E-state index in [-0.39, 0.29) is 18.1 Å². The highest BCUT2D eigenvalue weighted by Crippen LogP contribution is 2.67. The van der Waals surface area contributed by atoms with Crippen molar-refractivity contribution in [2.75, 3.05) is 6.61 Å². The molecule has 4 aliphatic carbocycles. The lowest BCUT2D eigenvalue weighted by molar-refractivity contribution is -0.109. The molecule has 0 aromatic heterocycles. The summed E-state index contributed by atoms with van der Waals surface area (Å²) in [6, 6.07) is 0. The summed E-state index contributed by atoms with van der Waals surface area (Å²) in [5, 5.41) is 21.4. The Labute approximate surface area is 214 Å². The number of hydrogen-bond acceptors (Lipinski definition) is 3. The Morgan fingerprint density at radius 3 is 2.46 bits per heavy atom. The van der Waals surface area contributed by atoms with Gasteiger partial charge in [0.15, 0.2) is 0 Å². The van der Waals surface area contributed by atoms with E-state index < -0.39 is 17.4 Å². The minimum Gasteiger partial charge on any atom is -0.390 e. The quantitative estimate of drug-likeness (QED) is 0.351. The van der Waals surface area contributed by atoms with Crippen LogP contribution in [0.1, 0.15) is 113 Å². The van der Waals surface area contributed by atoms with Gasteiger partial charge in [-0.15, -0.1) is 0 Å². The molecule has 0 spiro atoms. The molecule has 0 radical (unpaired) electrons. The molecule has 202 valence electrons. The monoisotopic (exact) mass is 492 g/mol. The Balaban J connectivity index is 1.46. The van der Waals surface area contributed by atoms with E-state index in [1.54, 1.807) is 13.8 Å². The highest BCUT2D eigenvalue weighted by atomic mass is 19.1. The van der Waals surface area contributed by atoms with E-state index in [9.17, 15) is 14.6 Å². The van der Waals surface area contributed by atoms with Gasteiger partial charge in [-0.2, -0.15) is 0 Å². The molecule has 4 rings (SSSR count). The van der Waals surface area contributed by atoms with Crippen LogP contribution >= 0.6 is 0 Å². The van der Waals surface area contributed by atoms with Crippen LogP contribution in [0.15, 0.2) is 11.6 Å². The third-order valence-electron chi connectivity index (χ3n) is 11.0. The fourth-order valence-electron chi connectivity index (χ4n) is 9.22. The van der Waals surface area contributed by atoms with Crippen molar-refractivity contribution in [3.63, 3.8) is 0 Å². The van der Waals surface area contributed by atoms with Crippen molar-refractivity contribution in [1.29, 1.82) is 0 Å². The van der Waals surface area contributed by atoms with Gasteiger partial charge in [0.2, 0.25) is 0 Å². The van der Waals surface area contributed by atoms with Gasteiger partial charge in [-0.3, -0.25) is 0 Å². The van der Waals surface area contributed by atoms with E-state index in [1.807, 2.05) is 13.8 Å². The van der Waals surface area contributed by atoms with Gasteiger partial charge >= 0.3 is 0 Å². The summed E-state index contributed by atoms with van der Waals surface area (Å²) < 4.78 is 19.9. The molecule has 0 unspecified atom stereocenters. The van der Waals surface area contributed by atoms with E-state index in [4.69, 9.17) is 4.74 Å². The molecule has 35 heavy (non-hydrogen) atoms. The van der Waals surface area contributed by atoms with Crippen LogP contribution in [0.2, 0.25) is 0 Å². The predicted molar refractivity (Wildman–Crippen MR) is 141 cm³/mol. The average molecular weight is 493 g/mol. The van der Waals surface area contributed by atoms with Crippen LogP contribution in [-0.2, 0) is 4.74 Å². The Hall–Kier alpha value is -0.450. The van der Waals surface area contributed by atoms with Crippen molar-refractivity contribution in [1.82, 2.24) is 0 Å². The maximum absolute atomic E-state index is 14.0. The summed E-state index contributed by atoms with van der Waals surface area (Å²) in [5.74, 6) is 3.62. The highest BCUT2D eigenvalue weighted by Gasteiger charge is 2.60. The third kappa shape index (κ3) is 5.41. The Morgan fingerprint density at radius 2 is 1.80 bits per heavy atom. The standard InChI is InChI=1S/C31H53FO3/c1-20(9-8-16-29(4,5)34)22-12-13-23-21-10-11-25-27(33)26(35-19-28(2,3)32)15-18-31(25,7)24(21)14-17-30(22,23)6/h11,20-24,26-27,33-34H,8-10,12-19H2,1-7H3/t20-,21+,22-,23+,24+,26+,27-,30-,31-/m1/s1.